The number of aromatic hydroxyl groups is 1. The van der Waals surface area contributed by atoms with Crippen molar-refractivity contribution in [2.75, 3.05) is 20.2 Å². The Hall–Kier alpha value is -1.22. The average Bonchev–Trinajstić information content (AvgIpc) is 2.44. The predicted octanol–water partition coefficient (Wildman–Crippen LogP) is 1.09. The summed E-state index contributed by atoms with van der Waals surface area (Å²) in [6.07, 6.45) is 1.85. The first-order chi connectivity index (χ1) is 6.83. The number of rotatable bonds is 1. The molecular formula is C11H15NO2. The first-order valence-electron chi connectivity index (χ1n) is 4.91. The molecule has 0 spiro atoms. The van der Waals surface area contributed by atoms with Crippen molar-refractivity contribution in [3.05, 3.63) is 23.3 Å². The van der Waals surface area contributed by atoms with E-state index in [4.69, 9.17) is 4.74 Å². The first kappa shape index (κ1) is 9.34. The minimum atomic E-state index is 0.314. The Morgan fingerprint density at radius 2 is 2.07 bits per heavy atom. The molecule has 0 aromatic heterocycles. The van der Waals surface area contributed by atoms with Gasteiger partial charge in [0.15, 0.2) is 11.5 Å². The topological polar surface area (TPSA) is 41.5 Å². The molecule has 2 rings (SSSR count). The average molecular weight is 193 g/mol. The van der Waals surface area contributed by atoms with Crippen LogP contribution in [0.3, 0.4) is 0 Å². The van der Waals surface area contributed by atoms with Crippen molar-refractivity contribution in [3.63, 3.8) is 0 Å². The van der Waals surface area contributed by atoms with E-state index < -0.39 is 0 Å². The molecule has 0 atom stereocenters. The maximum Gasteiger partial charge on any atom is 0.161 e. The number of phenols is 1. The number of nitrogens with one attached hydrogen (secondary N) is 1. The Labute approximate surface area is 83.7 Å². The molecule has 0 saturated heterocycles. The summed E-state index contributed by atoms with van der Waals surface area (Å²) in [5.74, 6) is 0.888. The van der Waals surface area contributed by atoms with Crippen LogP contribution in [0.2, 0.25) is 0 Å². The summed E-state index contributed by atoms with van der Waals surface area (Å²) in [6, 6.07) is 3.88. The van der Waals surface area contributed by atoms with Crippen LogP contribution in [0.5, 0.6) is 11.5 Å². The van der Waals surface area contributed by atoms with Crippen molar-refractivity contribution in [1.82, 2.24) is 5.32 Å². The lowest BCUT2D eigenvalue weighted by atomic mass is 10.0. The second kappa shape index (κ2) is 3.88. The van der Waals surface area contributed by atoms with Crippen LogP contribution >= 0.6 is 0 Å². The van der Waals surface area contributed by atoms with Crippen LogP contribution in [0.1, 0.15) is 11.1 Å². The maximum atomic E-state index is 9.91. The molecule has 1 heterocycles. The Bertz CT molecular complexity index is 336. The van der Waals surface area contributed by atoms with Gasteiger partial charge in [-0.15, -0.1) is 0 Å². The number of fused-ring (bicyclic) bond motifs is 1. The van der Waals surface area contributed by atoms with Gasteiger partial charge in [0.2, 0.25) is 0 Å². The smallest absolute Gasteiger partial charge is 0.161 e. The fourth-order valence-electron chi connectivity index (χ4n) is 1.90. The molecule has 0 fully saturated rings. The molecule has 0 amide bonds. The van der Waals surface area contributed by atoms with Gasteiger partial charge in [0.05, 0.1) is 7.11 Å². The van der Waals surface area contributed by atoms with E-state index in [0.29, 0.717) is 11.5 Å². The monoisotopic (exact) mass is 193 g/mol. The van der Waals surface area contributed by atoms with Gasteiger partial charge in [-0.25, -0.2) is 0 Å². The zero-order valence-electron chi connectivity index (χ0n) is 8.34. The van der Waals surface area contributed by atoms with Gasteiger partial charge in [0, 0.05) is 5.56 Å². The van der Waals surface area contributed by atoms with E-state index in [-0.39, 0.29) is 0 Å². The van der Waals surface area contributed by atoms with Crippen molar-refractivity contribution in [2.45, 2.75) is 12.8 Å². The second-order valence-corrected chi connectivity index (χ2v) is 3.50. The summed E-state index contributed by atoms with van der Waals surface area (Å²) in [4.78, 5) is 0. The molecule has 0 radical (unpaired) electrons. The van der Waals surface area contributed by atoms with Gasteiger partial charge in [-0.2, -0.15) is 0 Å². The van der Waals surface area contributed by atoms with Crippen LogP contribution in [-0.4, -0.2) is 25.3 Å². The molecule has 0 unspecified atom stereocenters. The van der Waals surface area contributed by atoms with Crippen LogP contribution in [-0.2, 0) is 12.8 Å². The molecule has 76 valence electrons. The predicted molar refractivity (Wildman–Crippen MR) is 54.9 cm³/mol. The van der Waals surface area contributed by atoms with Crippen LogP contribution < -0.4 is 10.1 Å². The number of hydrogen-bond donors (Lipinski definition) is 2. The molecule has 0 saturated carbocycles. The molecule has 0 bridgehead atoms. The molecule has 0 aliphatic carbocycles. The number of methoxy groups -OCH3 is 1. The Morgan fingerprint density at radius 1 is 1.29 bits per heavy atom. The zero-order chi connectivity index (χ0) is 9.97. The lowest BCUT2D eigenvalue weighted by molar-refractivity contribution is 0.370. The van der Waals surface area contributed by atoms with E-state index in [0.717, 1.165) is 31.5 Å². The van der Waals surface area contributed by atoms with Crippen LogP contribution in [0.15, 0.2) is 12.1 Å². The van der Waals surface area contributed by atoms with Crippen LogP contribution in [0.25, 0.3) is 0 Å². The van der Waals surface area contributed by atoms with Crippen molar-refractivity contribution < 1.29 is 9.84 Å². The highest BCUT2D eigenvalue weighted by molar-refractivity contribution is 5.50. The summed E-state index contributed by atoms with van der Waals surface area (Å²) in [6.45, 7) is 1.91. The molecule has 1 aromatic carbocycles. The molecule has 1 aliphatic rings. The van der Waals surface area contributed by atoms with E-state index in [1.54, 1.807) is 7.11 Å². The van der Waals surface area contributed by atoms with E-state index in [1.807, 2.05) is 12.1 Å². The summed E-state index contributed by atoms with van der Waals surface area (Å²) in [5, 5.41) is 13.2. The molecule has 3 heteroatoms. The number of hydrogen-bond acceptors (Lipinski definition) is 3. The fourth-order valence-corrected chi connectivity index (χ4v) is 1.90. The first-order valence-corrected chi connectivity index (χ1v) is 4.91. The quantitative estimate of drug-likeness (QED) is 0.701. The Morgan fingerprint density at radius 3 is 2.86 bits per heavy atom. The molecule has 14 heavy (non-hydrogen) atoms. The SMILES string of the molecule is COc1ccc2c(c1O)CCNCC2. The van der Waals surface area contributed by atoms with E-state index in [9.17, 15) is 5.11 Å². The third kappa shape index (κ3) is 1.55. The van der Waals surface area contributed by atoms with E-state index in [1.165, 1.54) is 5.56 Å². The van der Waals surface area contributed by atoms with Crippen molar-refractivity contribution in [1.29, 1.82) is 0 Å². The molecule has 2 N–H and O–H groups in total. The fraction of sp³-hybridized carbons (Fsp3) is 0.455. The lowest BCUT2D eigenvalue weighted by Gasteiger charge is -2.10. The van der Waals surface area contributed by atoms with Crippen molar-refractivity contribution in [3.8, 4) is 11.5 Å². The third-order valence-corrected chi connectivity index (χ3v) is 2.69. The standard InChI is InChI=1S/C11H15NO2/c1-14-10-3-2-8-4-6-12-7-5-9(8)11(10)13/h2-3,12-13H,4-7H2,1H3. The zero-order valence-corrected chi connectivity index (χ0v) is 8.34. The second-order valence-electron chi connectivity index (χ2n) is 3.50. The van der Waals surface area contributed by atoms with E-state index in [2.05, 4.69) is 5.32 Å². The third-order valence-electron chi connectivity index (χ3n) is 2.69. The highest BCUT2D eigenvalue weighted by Gasteiger charge is 2.14. The van der Waals surface area contributed by atoms with Gasteiger partial charge >= 0.3 is 0 Å². The van der Waals surface area contributed by atoms with Gasteiger partial charge in [0.25, 0.3) is 0 Å². The number of ether oxygens (including phenoxy) is 1. The minimum absolute atomic E-state index is 0.314. The largest absolute Gasteiger partial charge is 0.504 e. The summed E-state index contributed by atoms with van der Waals surface area (Å²) in [5.41, 5.74) is 2.27. The van der Waals surface area contributed by atoms with Gasteiger partial charge < -0.3 is 15.2 Å². The van der Waals surface area contributed by atoms with Gasteiger partial charge in [0.1, 0.15) is 0 Å². The Kier molecular flexibility index (Phi) is 2.59. The van der Waals surface area contributed by atoms with Crippen molar-refractivity contribution in [2.24, 2.45) is 0 Å². The number of phenolic OH excluding ortho intramolecular Hbond substituents is 1. The highest BCUT2D eigenvalue weighted by atomic mass is 16.5. The molecule has 1 aliphatic heterocycles. The van der Waals surface area contributed by atoms with Crippen molar-refractivity contribution >= 4 is 0 Å². The van der Waals surface area contributed by atoms with Crippen LogP contribution in [0.4, 0.5) is 0 Å². The lowest BCUT2D eigenvalue weighted by Crippen LogP contribution is -2.16. The highest BCUT2D eigenvalue weighted by Crippen LogP contribution is 2.33. The van der Waals surface area contributed by atoms with E-state index >= 15 is 0 Å². The van der Waals surface area contributed by atoms with Crippen LogP contribution in [0, 0.1) is 0 Å². The summed E-state index contributed by atoms with van der Waals surface area (Å²) >= 11 is 0. The summed E-state index contributed by atoms with van der Waals surface area (Å²) in [7, 11) is 1.58. The van der Waals surface area contributed by atoms with Gasteiger partial charge in [-0.05, 0) is 37.6 Å². The molecule has 1 aromatic rings. The normalized spacial score (nSPS) is 15.8. The number of benzene rings is 1. The Balaban J connectivity index is 2.44. The minimum Gasteiger partial charge on any atom is -0.504 e. The van der Waals surface area contributed by atoms with Gasteiger partial charge in [-0.1, -0.05) is 6.07 Å². The summed E-state index contributed by atoms with van der Waals surface area (Å²) < 4.78 is 5.08. The maximum absolute atomic E-state index is 9.91. The van der Waals surface area contributed by atoms with Gasteiger partial charge in [-0.3, -0.25) is 0 Å². The molecular weight excluding hydrogens is 178 g/mol. The molecule has 3 nitrogen and oxygen atoms in total.